The highest BCUT2D eigenvalue weighted by atomic mass is 32.1. The second-order valence-corrected chi connectivity index (χ2v) is 12.0. The number of rotatable bonds is 11. The van der Waals surface area contributed by atoms with Gasteiger partial charge >= 0.3 is 0 Å². The monoisotopic (exact) mass is 650 g/mol. The molecule has 4 nitrogen and oxygen atoms in total. The summed E-state index contributed by atoms with van der Waals surface area (Å²) in [5.74, 6) is 0.468. The van der Waals surface area contributed by atoms with Crippen LogP contribution in [0.5, 0.6) is 0 Å². The van der Waals surface area contributed by atoms with Gasteiger partial charge in [-0.25, -0.2) is 4.21 Å². The lowest BCUT2D eigenvalue weighted by molar-refractivity contribution is -0.1000. The molecule has 6 aromatic rings. The predicted octanol–water partition coefficient (Wildman–Crippen LogP) is 8.61. The van der Waals surface area contributed by atoms with E-state index in [4.69, 9.17) is 14.2 Å². The van der Waals surface area contributed by atoms with E-state index in [1.54, 1.807) is 0 Å². The number of ether oxygens (including phenoxy) is 3. The summed E-state index contributed by atoms with van der Waals surface area (Å²) in [7, 11) is 0. The maximum absolute atomic E-state index is 11.0. The van der Waals surface area contributed by atoms with Crippen molar-refractivity contribution in [3.8, 4) is 0 Å². The lowest BCUT2D eigenvalue weighted by atomic mass is 9.80. The van der Waals surface area contributed by atoms with E-state index in [1.165, 1.54) is 5.55 Å². The number of hydrogen-bond acceptors (Lipinski definition) is 4. The van der Waals surface area contributed by atoms with Crippen LogP contribution in [0.1, 0.15) is 33.4 Å². The van der Waals surface area contributed by atoms with E-state index < -0.39 is 11.2 Å². The van der Waals surface area contributed by atoms with Crippen LogP contribution in [-0.4, -0.2) is 29.6 Å². The average Bonchev–Trinajstić information content (AvgIpc) is 3.16. The molecule has 0 amide bonds. The standard InChI is InChI=1S/C23H22O2.C20H16O2S/c1-4-10-20(11-5-1)23(21-12-6-2-7-13-21,22-14-8-3-9-15-22)25-18-19-16-24-17-19;21-23-16-22-20(17-10-4-1-5-11-17,18-12-6-2-7-13-18)19-14-8-3-9-15-19/h1-15,19H,16-18H2;1-16H. The molecule has 0 spiro atoms. The SMILES string of the molecule is O=S=COC(c1ccccc1)(c1ccccc1)c1ccccc1.c1ccc(C(OCC2COC2)(c2ccccc2)c2ccccc2)cc1. The molecule has 1 heterocycles. The Morgan fingerprint density at radius 1 is 0.500 bits per heavy atom. The van der Waals surface area contributed by atoms with Crippen molar-refractivity contribution < 1.29 is 18.4 Å². The van der Waals surface area contributed by atoms with Crippen molar-refractivity contribution in [3.05, 3.63) is 215 Å². The first-order chi connectivity index (χ1) is 23.8. The Hall–Kier alpha value is -4.91. The van der Waals surface area contributed by atoms with Gasteiger partial charge in [-0.15, -0.1) is 0 Å². The maximum Gasteiger partial charge on any atom is 0.150 e. The van der Waals surface area contributed by atoms with Gasteiger partial charge in [0, 0.05) is 5.92 Å². The van der Waals surface area contributed by atoms with Gasteiger partial charge in [0.25, 0.3) is 0 Å². The fraction of sp³-hybridized carbons (Fsp3) is 0.140. The van der Waals surface area contributed by atoms with Crippen LogP contribution in [0, 0.1) is 5.92 Å². The first-order valence-electron chi connectivity index (χ1n) is 16.1. The Bertz CT molecular complexity index is 1670. The minimum Gasteiger partial charge on any atom is -0.381 e. The van der Waals surface area contributed by atoms with Crippen molar-refractivity contribution in [1.29, 1.82) is 0 Å². The molecule has 0 unspecified atom stereocenters. The number of benzene rings is 6. The topological polar surface area (TPSA) is 44.8 Å². The van der Waals surface area contributed by atoms with E-state index >= 15 is 0 Å². The van der Waals surface area contributed by atoms with Crippen molar-refractivity contribution in [3.63, 3.8) is 0 Å². The van der Waals surface area contributed by atoms with Gasteiger partial charge in [0.05, 0.1) is 19.8 Å². The van der Waals surface area contributed by atoms with Gasteiger partial charge in [0.1, 0.15) is 22.4 Å². The van der Waals surface area contributed by atoms with Gasteiger partial charge < -0.3 is 14.2 Å². The third kappa shape index (κ3) is 7.15. The molecule has 0 N–H and O–H groups in total. The molecule has 0 aliphatic carbocycles. The Morgan fingerprint density at radius 2 is 0.792 bits per heavy atom. The van der Waals surface area contributed by atoms with Crippen LogP contribution in [0.15, 0.2) is 182 Å². The highest BCUT2D eigenvalue weighted by Gasteiger charge is 2.39. The summed E-state index contributed by atoms with van der Waals surface area (Å²) in [4.78, 5) is 0. The van der Waals surface area contributed by atoms with Crippen molar-refractivity contribution >= 4 is 16.8 Å². The van der Waals surface area contributed by atoms with Crippen LogP contribution in [0.4, 0.5) is 0 Å². The molecule has 1 aliphatic rings. The Morgan fingerprint density at radius 3 is 1.04 bits per heavy atom. The van der Waals surface area contributed by atoms with Gasteiger partial charge in [-0.1, -0.05) is 182 Å². The molecule has 0 bridgehead atoms. The van der Waals surface area contributed by atoms with E-state index in [0.717, 1.165) is 46.6 Å². The van der Waals surface area contributed by atoms with Crippen molar-refractivity contribution in [2.75, 3.05) is 19.8 Å². The van der Waals surface area contributed by atoms with Crippen molar-refractivity contribution in [2.45, 2.75) is 11.2 Å². The molecule has 6 aromatic carbocycles. The molecule has 0 aromatic heterocycles. The summed E-state index contributed by atoms with van der Waals surface area (Å²) in [5.41, 5.74) is 6.16. The predicted molar refractivity (Wildman–Crippen MR) is 194 cm³/mol. The summed E-state index contributed by atoms with van der Waals surface area (Å²) in [5, 5.41) is 0. The zero-order valence-corrected chi connectivity index (χ0v) is 27.5. The van der Waals surface area contributed by atoms with E-state index in [-0.39, 0.29) is 0 Å². The summed E-state index contributed by atoms with van der Waals surface area (Å²) in [6, 6.07) is 61.4. The normalized spacial score (nSPS) is 13.0. The van der Waals surface area contributed by atoms with Gasteiger partial charge in [-0.3, -0.25) is 0 Å². The fourth-order valence-corrected chi connectivity index (χ4v) is 6.39. The number of hydrogen-bond donors (Lipinski definition) is 0. The molecule has 5 heteroatoms. The molecule has 7 rings (SSSR count). The minimum atomic E-state index is -0.846. The Kier molecular flexibility index (Phi) is 11.2. The van der Waals surface area contributed by atoms with Crippen LogP contribution < -0.4 is 0 Å². The Labute approximate surface area is 286 Å². The van der Waals surface area contributed by atoms with E-state index in [9.17, 15) is 4.21 Å². The second kappa shape index (κ2) is 16.3. The zero-order valence-electron chi connectivity index (χ0n) is 26.6. The summed E-state index contributed by atoms with van der Waals surface area (Å²) >= 11 is 0.315. The van der Waals surface area contributed by atoms with Crippen molar-refractivity contribution in [2.24, 2.45) is 5.92 Å². The molecule has 1 aliphatic heterocycles. The minimum absolute atomic E-state index is 0.315. The van der Waals surface area contributed by atoms with Gasteiger partial charge in [-0.2, -0.15) is 0 Å². The molecule has 1 saturated heterocycles. The van der Waals surface area contributed by atoms with Crippen LogP contribution in [0.3, 0.4) is 0 Å². The molecular weight excluding hydrogens is 613 g/mol. The molecule has 1 fully saturated rings. The van der Waals surface area contributed by atoms with Crippen LogP contribution in [0.2, 0.25) is 0 Å². The average molecular weight is 651 g/mol. The third-order valence-electron chi connectivity index (χ3n) is 8.59. The Balaban J connectivity index is 0.000000168. The quantitative estimate of drug-likeness (QED) is 0.104. The highest BCUT2D eigenvalue weighted by Crippen LogP contribution is 2.41. The fourth-order valence-electron chi connectivity index (χ4n) is 6.21. The molecule has 0 atom stereocenters. The molecule has 240 valence electrons. The van der Waals surface area contributed by atoms with Crippen LogP contribution in [-0.2, 0) is 36.7 Å². The lowest BCUT2D eigenvalue weighted by Gasteiger charge is -2.38. The van der Waals surface area contributed by atoms with E-state index in [1.807, 2.05) is 109 Å². The van der Waals surface area contributed by atoms with E-state index in [2.05, 4.69) is 72.8 Å². The van der Waals surface area contributed by atoms with E-state index in [0.29, 0.717) is 23.8 Å². The lowest BCUT2D eigenvalue weighted by Crippen LogP contribution is -2.39. The molecule has 0 saturated carbocycles. The van der Waals surface area contributed by atoms with Gasteiger partial charge in [0.15, 0.2) is 5.60 Å². The first-order valence-corrected chi connectivity index (χ1v) is 16.9. The third-order valence-corrected chi connectivity index (χ3v) is 8.76. The highest BCUT2D eigenvalue weighted by molar-refractivity contribution is 7.64. The molecule has 48 heavy (non-hydrogen) atoms. The largest absolute Gasteiger partial charge is 0.381 e. The van der Waals surface area contributed by atoms with Crippen molar-refractivity contribution in [1.82, 2.24) is 0 Å². The first kappa shape index (κ1) is 33.0. The summed E-state index contributed by atoms with van der Waals surface area (Å²) in [6.07, 6.45) is 0. The van der Waals surface area contributed by atoms with Crippen LogP contribution in [0.25, 0.3) is 0 Å². The summed E-state index contributed by atoms with van der Waals surface area (Å²) < 4.78 is 29.1. The smallest absolute Gasteiger partial charge is 0.150 e. The van der Waals surface area contributed by atoms with Crippen LogP contribution >= 0.6 is 0 Å². The van der Waals surface area contributed by atoms with Gasteiger partial charge in [0.2, 0.25) is 0 Å². The summed E-state index contributed by atoms with van der Waals surface area (Å²) in [6.45, 7) is 2.25. The molecular formula is C43H38O4S. The molecule has 0 radical (unpaired) electrons. The maximum atomic E-state index is 11.0. The zero-order chi connectivity index (χ0) is 32.9. The second-order valence-electron chi connectivity index (χ2n) is 11.6. The van der Waals surface area contributed by atoms with Gasteiger partial charge in [-0.05, 0) is 33.4 Å².